The van der Waals surface area contributed by atoms with Gasteiger partial charge in [-0.2, -0.15) is 11.8 Å². The Morgan fingerprint density at radius 1 is 1.14 bits per heavy atom. The Labute approximate surface area is 186 Å². The molecule has 0 aliphatic rings. The molecule has 1 amide bonds. The van der Waals surface area contributed by atoms with Gasteiger partial charge in [0.1, 0.15) is 6.54 Å². The van der Waals surface area contributed by atoms with Crippen molar-refractivity contribution in [2.75, 3.05) is 29.4 Å². The van der Waals surface area contributed by atoms with Crippen molar-refractivity contribution in [3.05, 3.63) is 63.6 Å². The van der Waals surface area contributed by atoms with Gasteiger partial charge in [0.05, 0.1) is 17.0 Å². The highest BCUT2D eigenvalue weighted by Crippen LogP contribution is 2.30. The van der Waals surface area contributed by atoms with E-state index in [-0.39, 0.29) is 17.3 Å². The largest absolute Gasteiger partial charge is 0.354 e. The quantitative estimate of drug-likeness (QED) is 0.514. The number of thioether (sulfide) groups is 1. The van der Waals surface area contributed by atoms with Crippen molar-refractivity contribution in [2.45, 2.75) is 19.1 Å². The second-order valence-electron chi connectivity index (χ2n) is 6.61. The molecule has 2 aromatic carbocycles. The van der Waals surface area contributed by atoms with Gasteiger partial charge in [0, 0.05) is 17.3 Å². The van der Waals surface area contributed by atoms with Gasteiger partial charge in [-0.3, -0.25) is 9.10 Å². The van der Waals surface area contributed by atoms with E-state index in [1.54, 1.807) is 17.8 Å². The maximum absolute atomic E-state index is 12.3. The van der Waals surface area contributed by atoms with Crippen molar-refractivity contribution >= 4 is 56.6 Å². The molecule has 0 spiro atoms. The van der Waals surface area contributed by atoms with Crippen LogP contribution in [0.15, 0.2) is 42.5 Å². The summed E-state index contributed by atoms with van der Waals surface area (Å²) in [5.41, 5.74) is 2.70. The Kier molecular flexibility index (Phi) is 9.14. The molecule has 158 valence electrons. The van der Waals surface area contributed by atoms with Crippen LogP contribution in [-0.2, 0) is 20.6 Å². The van der Waals surface area contributed by atoms with Gasteiger partial charge in [0.25, 0.3) is 0 Å². The lowest BCUT2D eigenvalue weighted by Gasteiger charge is -2.23. The summed E-state index contributed by atoms with van der Waals surface area (Å²) in [5, 5.41) is 3.31. The molecule has 2 aromatic rings. The Morgan fingerprint density at radius 2 is 1.83 bits per heavy atom. The van der Waals surface area contributed by atoms with Gasteiger partial charge in [-0.25, -0.2) is 8.42 Å². The van der Waals surface area contributed by atoms with Crippen LogP contribution in [0.1, 0.15) is 17.5 Å². The highest BCUT2D eigenvalue weighted by molar-refractivity contribution is 7.98. The normalized spacial score (nSPS) is 11.3. The number of hydrogen-bond donors (Lipinski definition) is 1. The summed E-state index contributed by atoms with van der Waals surface area (Å²) in [6, 6.07) is 12.9. The van der Waals surface area contributed by atoms with Gasteiger partial charge in [-0.1, -0.05) is 53.0 Å². The number of nitrogens with zero attached hydrogens (tertiary/aromatic N) is 1. The fourth-order valence-corrected chi connectivity index (χ4v) is 4.74. The lowest BCUT2D eigenvalue weighted by molar-refractivity contribution is -0.119. The molecule has 5 nitrogen and oxygen atoms in total. The van der Waals surface area contributed by atoms with Gasteiger partial charge < -0.3 is 5.32 Å². The Balaban J connectivity index is 1.80. The number of hydrogen-bond acceptors (Lipinski definition) is 4. The maximum atomic E-state index is 12.3. The van der Waals surface area contributed by atoms with Crippen LogP contribution in [0, 0.1) is 6.92 Å². The first-order valence-corrected chi connectivity index (χ1v) is 12.8. The van der Waals surface area contributed by atoms with Crippen LogP contribution in [0.25, 0.3) is 0 Å². The van der Waals surface area contributed by atoms with Crippen molar-refractivity contribution in [3.8, 4) is 0 Å². The summed E-state index contributed by atoms with van der Waals surface area (Å²) < 4.78 is 25.2. The zero-order valence-corrected chi connectivity index (χ0v) is 19.5. The van der Waals surface area contributed by atoms with Gasteiger partial charge in [0.2, 0.25) is 15.9 Å². The molecule has 2 rings (SSSR count). The van der Waals surface area contributed by atoms with E-state index >= 15 is 0 Å². The van der Waals surface area contributed by atoms with Gasteiger partial charge in [0.15, 0.2) is 0 Å². The molecule has 0 fully saturated rings. The van der Waals surface area contributed by atoms with Crippen molar-refractivity contribution in [2.24, 2.45) is 0 Å². The van der Waals surface area contributed by atoms with Crippen LogP contribution in [0.3, 0.4) is 0 Å². The van der Waals surface area contributed by atoms with Crippen LogP contribution >= 0.6 is 35.0 Å². The van der Waals surface area contributed by atoms with Gasteiger partial charge in [-0.15, -0.1) is 0 Å². The highest BCUT2D eigenvalue weighted by Gasteiger charge is 2.23. The van der Waals surface area contributed by atoms with E-state index in [0.717, 1.165) is 28.5 Å². The number of carbonyl (C=O) groups is 1. The molecular weight excluding hydrogens is 451 g/mol. The van der Waals surface area contributed by atoms with Crippen molar-refractivity contribution in [1.82, 2.24) is 5.32 Å². The molecule has 0 aromatic heterocycles. The molecule has 0 saturated heterocycles. The summed E-state index contributed by atoms with van der Waals surface area (Å²) in [6.45, 7) is 2.18. The summed E-state index contributed by atoms with van der Waals surface area (Å²) in [6.07, 6.45) is 1.82. The third-order valence-electron chi connectivity index (χ3n) is 4.04. The Morgan fingerprint density at radius 3 is 2.48 bits per heavy atom. The lowest BCUT2D eigenvalue weighted by atomic mass is 10.2. The van der Waals surface area contributed by atoms with Crippen molar-refractivity contribution in [1.29, 1.82) is 0 Å². The number of carbonyl (C=O) groups excluding carboxylic acids is 1. The van der Waals surface area contributed by atoms with Crippen LogP contribution in [0.2, 0.25) is 10.0 Å². The van der Waals surface area contributed by atoms with E-state index < -0.39 is 15.9 Å². The molecule has 0 heterocycles. The molecular formula is C20H24Cl2N2O3S2. The van der Waals surface area contributed by atoms with E-state index in [0.29, 0.717) is 11.6 Å². The number of rotatable bonds is 10. The highest BCUT2D eigenvalue weighted by atomic mass is 35.5. The molecule has 9 heteroatoms. The summed E-state index contributed by atoms with van der Waals surface area (Å²) >= 11 is 13.8. The number of benzene rings is 2. The fourth-order valence-electron chi connectivity index (χ4n) is 2.52. The van der Waals surface area contributed by atoms with E-state index in [1.807, 2.05) is 0 Å². The average molecular weight is 475 g/mol. The van der Waals surface area contributed by atoms with Crippen LogP contribution in [0.4, 0.5) is 5.69 Å². The van der Waals surface area contributed by atoms with Crippen molar-refractivity contribution in [3.63, 3.8) is 0 Å². The molecule has 0 bridgehead atoms. The predicted molar refractivity (Wildman–Crippen MR) is 124 cm³/mol. The van der Waals surface area contributed by atoms with Crippen LogP contribution < -0.4 is 9.62 Å². The first kappa shape index (κ1) is 23.9. The minimum Gasteiger partial charge on any atom is -0.354 e. The number of anilines is 1. The number of sulfonamides is 1. The molecule has 0 unspecified atom stereocenters. The lowest BCUT2D eigenvalue weighted by Crippen LogP contribution is -2.40. The number of nitrogens with one attached hydrogen (secondary N) is 1. The average Bonchev–Trinajstić information content (AvgIpc) is 2.65. The van der Waals surface area contributed by atoms with Crippen molar-refractivity contribution < 1.29 is 13.2 Å². The minimum absolute atomic E-state index is 0.186. The zero-order valence-electron chi connectivity index (χ0n) is 16.3. The van der Waals surface area contributed by atoms with E-state index in [4.69, 9.17) is 23.2 Å². The number of halogens is 2. The fraction of sp³-hybridized carbons (Fsp3) is 0.350. The van der Waals surface area contributed by atoms with Crippen LogP contribution in [-0.4, -0.2) is 39.4 Å². The van der Waals surface area contributed by atoms with Gasteiger partial charge in [-0.05, 0) is 42.9 Å². The topological polar surface area (TPSA) is 66.5 Å². The second-order valence-corrected chi connectivity index (χ2v) is 10.5. The Hall–Kier alpha value is -1.41. The summed E-state index contributed by atoms with van der Waals surface area (Å²) in [4.78, 5) is 12.3. The summed E-state index contributed by atoms with van der Waals surface area (Å²) in [7, 11) is -3.70. The predicted octanol–water partition coefficient (Wildman–Crippen LogP) is 4.51. The molecule has 0 atom stereocenters. The van der Waals surface area contributed by atoms with E-state index in [2.05, 4.69) is 36.5 Å². The SMILES string of the molecule is Cc1ccc(CSCCCNC(=O)CN(c2cc(Cl)ccc2Cl)S(C)(=O)=O)cc1. The molecule has 0 saturated carbocycles. The molecule has 0 aliphatic carbocycles. The molecule has 29 heavy (non-hydrogen) atoms. The minimum atomic E-state index is -3.70. The molecule has 0 radical (unpaired) electrons. The third-order valence-corrected chi connectivity index (χ3v) is 6.84. The first-order valence-electron chi connectivity index (χ1n) is 8.99. The zero-order chi connectivity index (χ0) is 21.4. The maximum Gasteiger partial charge on any atom is 0.240 e. The molecule has 0 aliphatic heterocycles. The Bertz CT molecular complexity index is 935. The van der Waals surface area contributed by atoms with E-state index in [1.165, 1.54) is 23.3 Å². The van der Waals surface area contributed by atoms with E-state index in [9.17, 15) is 13.2 Å². The number of aryl methyl sites for hydroxylation is 1. The monoisotopic (exact) mass is 474 g/mol. The van der Waals surface area contributed by atoms with Gasteiger partial charge >= 0.3 is 0 Å². The number of amides is 1. The third kappa shape index (κ3) is 8.09. The van der Waals surface area contributed by atoms with Crippen LogP contribution in [0.5, 0.6) is 0 Å². The standard InChI is InChI=1S/C20H24Cl2N2O3S2/c1-15-4-6-16(7-5-15)14-28-11-3-10-23-20(25)13-24(29(2,26)27)19-12-17(21)8-9-18(19)22/h4-9,12H,3,10-11,13-14H2,1-2H3,(H,23,25). The molecule has 1 N–H and O–H groups in total. The second kappa shape index (κ2) is 11.1. The summed E-state index contributed by atoms with van der Waals surface area (Å²) in [5.74, 6) is 1.42. The smallest absolute Gasteiger partial charge is 0.240 e. The first-order chi connectivity index (χ1) is 13.7.